The lowest BCUT2D eigenvalue weighted by atomic mass is 10.2. The topological polar surface area (TPSA) is 58.4 Å². The molecule has 0 radical (unpaired) electrons. The van der Waals surface area contributed by atoms with Gasteiger partial charge in [-0.05, 0) is 36.6 Å². The molecular formula is C18H24ClIN4O. The summed E-state index contributed by atoms with van der Waals surface area (Å²) in [6.07, 6.45) is 3.71. The van der Waals surface area contributed by atoms with Crippen molar-refractivity contribution < 1.29 is 0 Å². The van der Waals surface area contributed by atoms with Crippen molar-refractivity contribution in [1.29, 1.82) is 0 Å². The Balaban J connectivity index is 0.00000312. The molecule has 1 aromatic heterocycles. The Morgan fingerprint density at radius 2 is 2.00 bits per heavy atom. The number of nitrogens with zero attached hydrogens (tertiary/aromatic N) is 2. The highest BCUT2D eigenvalue weighted by atomic mass is 127. The second-order valence-corrected chi connectivity index (χ2v) is 5.86. The molecule has 0 saturated heterocycles. The monoisotopic (exact) mass is 474 g/mol. The first-order valence-electron chi connectivity index (χ1n) is 8.03. The number of nitrogens with one attached hydrogen (secondary N) is 2. The van der Waals surface area contributed by atoms with Crippen LogP contribution in [0, 0.1) is 0 Å². The lowest BCUT2D eigenvalue weighted by Crippen LogP contribution is -2.37. The van der Waals surface area contributed by atoms with E-state index in [1.807, 2.05) is 36.5 Å². The maximum Gasteiger partial charge on any atom is 0.250 e. The Hall–Kier alpha value is -1.54. The molecule has 5 nitrogen and oxygen atoms in total. The van der Waals surface area contributed by atoms with Crippen molar-refractivity contribution in [3.8, 4) is 0 Å². The van der Waals surface area contributed by atoms with Gasteiger partial charge in [-0.3, -0.25) is 9.79 Å². The largest absolute Gasteiger partial charge is 0.356 e. The zero-order valence-electron chi connectivity index (χ0n) is 14.2. The molecular weight excluding hydrogens is 451 g/mol. The van der Waals surface area contributed by atoms with E-state index in [0.29, 0.717) is 6.54 Å². The van der Waals surface area contributed by atoms with Crippen LogP contribution in [0.5, 0.6) is 0 Å². The molecule has 25 heavy (non-hydrogen) atoms. The summed E-state index contributed by atoms with van der Waals surface area (Å²) in [6.45, 7) is 2.20. The van der Waals surface area contributed by atoms with Gasteiger partial charge in [-0.25, -0.2) is 0 Å². The predicted octanol–water partition coefficient (Wildman–Crippen LogP) is 3.27. The quantitative estimate of drug-likeness (QED) is 0.280. The van der Waals surface area contributed by atoms with E-state index < -0.39 is 0 Å². The van der Waals surface area contributed by atoms with Gasteiger partial charge in [0.1, 0.15) is 0 Å². The molecule has 1 aromatic carbocycles. The molecule has 0 spiro atoms. The molecule has 0 saturated carbocycles. The van der Waals surface area contributed by atoms with Gasteiger partial charge in [0.05, 0.1) is 0 Å². The molecule has 0 atom stereocenters. The first kappa shape index (κ1) is 21.5. The van der Waals surface area contributed by atoms with Gasteiger partial charge in [-0.15, -0.1) is 24.0 Å². The van der Waals surface area contributed by atoms with Crippen LogP contribution in [0.1, 0.15) is 18.4 Å². The summed E-state index contributed by atoms with van der Waals surface area (Å²) >= 11 is 5.98. The number of aliphatic imine (C=N–C) groups is 1. The molecule has 1 heterocycles. The number of aromatic nitrogens is 1. The smallest absolute Gasteiger partial charge is 0.250 e. The number of benzene rings is 1. The molecule has 0 aliphatic heterocycles. The van der Waals surface area contributed by atoms with Crippen molar-refractivity contribution in [3.63, 3.8) is 0 Å². The van der Waals surface area contributed by atoms with E-state index in [4.69, 9.17) is 11.6 Å². The number of hydrogen-bond donors (Lipinski definition) is 2. The molecule has 2 rings (SSSR count). The summed E-state index contributed by atoms with van der Waals surface area (Å²) in [5.74, 6) is 0.756. The summed E-state index contributed by atoms with van der Waals surface area (Å²) < 4.78 is 1.73. The van der Waals surface area contributed by atoms with Crippen LogP contribution in [0.25, 0.3) is 0 Å². The average molecular weight is 475 g/mol. The summed E-state index contributed by atoms with van der Waals surface area (Å²) in [4.78, 5) is 15.8. The Labute approximate surface area is 170 Å². The second kappa shape index (κ2) is 11.9. The van der Waals surface area contributed by atoms with Crippen LogP contribution in [0.15, 0.2) is 58.4 Å². The Bertz CT molecular complexity index is 733. The molecule has 2 N–H and O–H groups in total. The Morgan fingerprint density at radius 3 is 2.72 bits per heavy atom. The van der Waals surface area contributed by atoms with E-state index in [0.717, 1.165) is 42.5 Å². The normalized spacial score (nSPS) is 10.9. The lowest BCUT2D eigenvalue weighted by molar-refractivity contribution is 0.585. The van der Waals surface area contributed by atoms with Gasteiger partial charge in [0, 0.05) is 44.0 Å². The standard InChI is InChI=1S/C18H23ClN4O.HI/c1-20-18(22-14-15-7-6-8-16(19)13-15)21-10-3-5-12-23-11-4-2-9-17(23)24;/h2,4,6-9,11,13H,3,5,10,12,14H2,1H3,(H2,20,21,22);1H. The van der Waals surface area contributed by atoms with Crippen molar-refractivity contribution in [2.75, 3.05) is 13.6 Å². The van der Waals surface area contributed by atoms with Gasteiger partial charge in [-0.2, -0.15) is 0 Å². The third-order valence-electron chi connectivity index (χ3n) is 3.59. The molecule has 2 aromatic rings. The molecule has 0 fully saturated rings. The van der Waals surface area contributed by atoms with Crippen LogP contribution in [0.3, 0.4) is 0 Å². The first-order chi connectivity index (χ1) is 11.7. The number of hydrogen-bond acceptors (Lipinski definition) is 2. The van der Waals surface area contributed by atoms with Crippen LogP contribution in [0.4, 0.5) is 0 Å². The second-order valence-electron chi connectivity index (χ2n) is 5.42. The van der Waals surface area contributed by atoms with Gasteiger partial charge in [0.2, 0.25) is 5.56 Å². The Kier molecular flexibility index (Phi) is 10.3. The minimum absolute atomic E-state index is 0. The van der Waals surface area contributed by atoms with Crippen molar-refractivity contribution in [1.82, 2.24) is 15.2 Å². The van der Waals surface area contributed by atoms with Crippen molar-refractivity contribution >= 4 is 41.5 Å². The zero-order valence-corrected chi connectivity index (χ0v) is 17.3. The third kappa shape index (κ3) is 7.92. The number of unbranched alkanes of at least 4 members (excludes halogenated alkanes) is 1. The van der Waals surface area contributed by atoms with E-state index in [1.54, 1.807) is 23.7 Å². The summed E-state index contributed by atoms with van der Waals surface area (Å²) in [7, 11) is 1.75. The highest BCUT2D eigenvalue weighted by molar-refractivity contribution is 14.0. The van der Waals surface area contributed by atoms with Gasteiger partial charge in [0.15, 0.2) is 5.96 Å². The molecule has 0 amide bonds. The molecule has 0 bridgehead atoms. The fourth-order valence-corrected chi connectivity index (χ4v) is 2.53. The van der Waals surface area contributed by atoms with Gasteiger partial charge < -0.3 is 15.2 Å². The lowest BCUT2D eigenvalue weighted by Gasteiger charge is -2.12. The van der Waals surface area contributed by atoms with E-state index >= 15 is 0 Å². The summed E-state index contributed by atoms with van der Waals surface area (Å²) in [6, 6.07) is 13.0. The fourth-order valence-electron chi connectivity index (χ4n) is 2.31. The van der Waals surface area contributed by atoms with E-state index in [9.17, 15) is 4.79 Å². The molecule has 0 unspecified atom stereocenters. The van der Waals surface area contributed by atoms with Crippen LogP contribution >= 0.6 is 35.6 Å². The average Bonchev–Trinajstić information content (AvgIpc) is 2.59. The number of halogens is 2. The zero-order chi connectivity index (χ0) is 17.2. The number of pyridine rings is 1. The van der Waals surface area contributed by atoms with Crippen molar-refractivity contribution in [2.24, 2.45) is 4.99 Å². The van der Waals surface area contributed by atoms with Crippen LogP contribution in [-0.2, 0) is 13.1 Å². The van der Waals surface area contributed by atoms with Crippen molar-refractivity contribution in [2.45, 2.75) is 25.9 Å². The van der Waals surface area contributed by atoms with Gasteiger partial charge >= 0.3 is 0 Å². The minimum Gasteiger partial charge on any atom is -0.356 e. The van der Waals surface area contributed by atoms with Crippen LogP contribution in [0.2, 0.25) is 5.02 Å². The third-order valence-corrected chi connectivity index (χ3v) is 3.82. The Morgan fingerprint density at radius 1 is 1.16 bits per heavy atom. The maximum absolute atomic E-state index is 11.6. The predicted molar refractivity (Wildman–Crippen MR) is 115 cm³/mol. The molecule has 0 aliphatic rings. The van der Waals surface area contributed by atoms with Gasteiger partial charge in [0.25, 0.3) is 0 Å². The first-order valence-corrected chi connectivity index (χ1v) is 8.41. The van der Waals surface area contributed by atoms with E-state index in [-0.39, 0.29) is 29.5 Å². The minimum atomic E-state index is 0. The molecule has 136 valence electrons. The van der Waals surface area contributed by atoms with Gasteiger partial charge in [-0.1, -0.05) is 29.8 Å². The molecule has 0 aliphatic carbocycles. The number of aryl methyl sites for hydroxylation is 1. The maximum atomic E-state index is 11.6. The van der Waals surface area contributed by atoms with Crippen LogP contribution in [-0.4, -0.2) is 24.1 Å². The summed E-state index contributed by atoms with van der Waals surface area (Å²) in [5.41, 5.74) is 1.15. The highest BCUT2D eigenvalue weighted by Gasteiger charge is 1.99. The molecule has 7 heteroatoms. The van der Waals surface area contributed by atoms with Crippen LogP contribution < -0.4 is 16.2 Å². The highest BCUT2D eigenvalue weighted by Crippen LogP contribution is 2.10. The number of guanidine groups is 1. The van der Waals surface area contributed by atoms with E-state index in [1.165, 1.54) is 0 Å². The van der Waals surface area contributed by atoms with Crippen molar-refractivity contribution in [3.05, 3.63) is 69.6 Å². The fraction of sp³-hybridized carbons (Fsp3) is 0.333. The summed E-state index contributed by atoms with van der Waals surface area (Å²) in [5, 5.41) is 7.26. The number of rotatable bonds is 7. The van der Waals surface area contributed by atoms with E-state index in [2.05, 4.69) is 15.6 Å². The SMILES string of the molecule is CN=C(NCCCCn1ccccc1=O)NCc1cccc(Cl)c1.I.